The van der Waals surface area contributed by atoms with E-state index in [1.807, 2.05) is 0 Å². The number of hydrogen-bond acceptors (Lipinski definition) is 1. The highest BCUT2D eigenvalue weighted by Crippen LogP contribution is 2.26. The van der Waals surface area contributed by atoms with Crippen molar-refractivity contribution in [3.05, 3.63) is 35.4 Å². The van der Waals surface area contributed by atoms with E-state index in [-0.39, 0.29) is 0 Å². The van der Waals surface area contributed by atoms with E-state index < -0.39 is 0 Å². The van der Waals surface area contributed by atoms with Crippen LogP contribution in [-0.2, 0) is 0 Å². The van der Waals surface area contributed by atoms with Crippen molar-refractivity contribution in [2.24, 2.45) is 5.92 Å². The summed E-state index contributed by atoms with van der Waals surface area (Å²) in [6.45, 7) is 8.00. The second kappa shape index (κ2) is 7.09. The Labute approximate surface area is 118 Å². The van der Waals surface area contributed by atoms with Gasteiger partial charge in [0.05, 0.1) is 0 Å². The van der Waals surface area contributed by atoms with Crippen molar-refractivity contribution in [3.63, 3.8) is 0 Å². The van der Waals surface area contributed by atoms with Crippen molar-refractivity contribution >= 4 is 0 Å². The molecule has 0 aromatic heterocycles. The Hall–Kier alpha value is -0.820. The maximum atomic E-state index is 3.71. The molecule has 1 N–H and O–H groups in total. The van der Waals surface area contributed by atoms with Crippen LogP contribution in [0.3, 0.4) is 0 Å². The largest absolute Gasteiger partial charge is 0.313 e. The Kier molecular flexibility index (Phi) is 5.45. The standard InChI is InChI=1S/C18H29N/c1-14(2)6-4-9-17(13-19-18-10-11-18)16-8-5-7-15(3)12-16/h5,7-8,12,14,17-19H,4,6,9-11,13H2,1-3H3. The Bertz CT molecular complexity index is 379. The van der Waals surface area contributed by atoms with Gasteiger partial charge >= 0.3 is 0 Å². The van der Waals surface area contributed by atoms with Crippen LogP contribution in [0.15, 0.2) is 24.3 Å². The maximum absolute atomic E-state index is 3.71. The van der Waals surface area contributed by atoms with E-state index >= 15 is 0 Å². The zero-order chi connectivity index (χ0) is 13.7. The topological polar surface area (TPSA) is 12.0 Å². The summed E-state index contributed by atoms with van der Waals surface area (Å²) in [6.07, 6.45) is 6.79. The van der Waals surface area contributed by atoms with Crippen LogP contribution in [0, 0.1) is 12.8 Å². The second-order valence-corrected chi connectivity index (χ2v) is 6.62. The van der Waals surface area contributed by atoms with E-state index in [2.05, 4.69) is 50.4 Å². The average Bonchev–Trinajstić information content (AvgIpc) is 3.17. The van der Waals surface area contributed by atoms with E-state index in [9.17, 15) is 0 Å². The summed E-state index contributed by atoms with van der Waals surface area (Å²) >= 11 is 0. The van der Waals surface area contributed by atoms with Gasteiger partial charge in [-0.25, -0.2) is 0 Å². The Morgan fingerprint density at radius 2 is 2.00 bits per heavy atom. The molecule has 1 aromatic carbocycles. The molecule has 19 heavy (non-hydrogen) atoms. The highest BCUT2D eigenvalue weighted by molar-refractivity contribution is 5.25. The molecule has 1 aliphatic carbocycles. The SMILES string of the molecule is Cc1cccc(C(CCCC(C)C)CNC2CC2)c1. The third-order valence-electron chi connectivity index (χ3n) is 4.08. The molecular formula is C18H29N. The van der Waals surface area contributed by atoms with Crippen molar-refractivity contribution in [2.75, 3.05) is 6.54 Å². The first-order chi connectivity index (χ1) is 9.15. The van der Waals surface area contributed by atoms with Crippen LogP contribution in [0.25, 0.3) is 0 Å². The van der Waals surface area contributed by atoms with Gasteiger partial charge in [-0.1, -0.05) is 56.5 Å². The third-order valence-corrected chi connectivity index (χ3v) is 4.08. The van der Waals surface area contributed by atoms with Crippen LogP contribution in [0.4, 0.5) is 0 Å². The van der Waals surface area contributed by atoms with E-state index in [0.29, 0.717) is 5.92 Å². The lowest BCUT2D eigenvalue weighted by Gasteiger charge is -2.19. The van der Waals surface area contributed by atoms with E-state index in [4.69, 9.17) is 0 Å². The van der Waals surface area contributed by atoms with Gasteiger partial charge in [-0.3, -0.25) is 0 Å². The minimum Gasteiger partial charge on any atom is -0.313 e. The van der Waals surface area contributed by atoms with Crippen LogP contribution in [0.2, 0.25) is 0 Å². The first-order valence-corrected chi connectivity index (χ1v) is 7.95. The minimum absolute atomic E-state index is 0.694. The zero-order valence-corrected chi connectivity index (χ0v) is 12.8. The van der Waals surface area contributed by atoms with E-state index in [1.54, 1.807) is 0 Å². The maximum Gasteiger partial charge on any atom is 0.00684 e. The van der Waals surface area contributed by atoms with Crippen molar-refractivity contribution in [1.29, 1.82) is 0 Å². The highest BCUT2D eigenvalue weighted by atomic mass is 14.9. The second-order valence-electron chi connectivity index (χ2n) is 6.62. The van der Waals surface area contributed by atoms with E-state index in [0.717, 1.165) is 18.5 Å². The summed E-state index contributed by atoms with van der Waals surface area (Å²) in [4.78, 5) is 0. The summed E-state index contributed by atoms with van der Waals surface area (Å²) in [5, 5.41) is 3.71. The van der Waals surface area contributed by atoms with Gasteiger partial charge in [0.1, 0.15) is 0 Å². The number of nitrogens with one attached hydrogen (secondary N) is 1. The summed E-state index contributed by atoms with van der Waals surface area (Å²) < 4.78 is 0. The van der Waals surface area contributed by atoms with E-state index in [1.165, 1.54) is 43.2 Å². The summed E-state index contributed by atoms with van der Waals surface area (Å²) in [5.74, 6) is 1.52. The van der Waals surface area contributed by atoms with Gasteiger partial charge in [-0.2, -0.15) is 0 Å². The molecule has 0 amide bonds. The molecule has 1 saturated carbocycles. The molecule has 2 rings (SSSR count). The van der Waals surface area contributed by atoms with Crippen LogP contribution in [0.5, 0.6) is 0 Å². The molecule has 1 nitrogen and oxygen atoms in total. The highest BCUT2D eigenvalue weighted by Gasteiger charge is 2.22. The lowest BCUT2D eigenvalue weighted by molar-refractivity contribution is 0.479. The van der Waals surface area contributed by atoms with Crippen molar-refractivity contribution in [2.45, 2.75) is 64.8 Å². The smallest absolute Gasteiger partial charge is 0.00684 e. The molecule has 1 fully saturated rings. The molecule has 0 heterocycles. The fraction of sp³-hybridized carbons (Fsp3) is 0.667. The molecule has 0 radical (unpaired) electrons. The van der Waals surface area contributed by atoms with Crippen LogP contribution in [-0.4, -0.2) is 12.6 Å². The molecule has 0 saturated heterocycles. The molecule has 0 bridgehead atoms. The predicted octanol–water partition coefficient (Wildman–Crippen LogP) is 4.66. The lowest BCUT2D eigenvalue weighted by atomic mass is 9.91. The van der Waals surface area contributed by atoms with Crippen molar-refractivity contribution < 1.29 is 0 Å². The fourth-order valence-electron chi connectivity index (χ4n) is 2.68. The Morgan fingerprint density at radius 1 is 1.21 bits per heavy atom. The first kappa shape index (κ1) is 14.6. The molecule has 0 aliphatic heterocycles. The van der Waals surface area contributed by atoms with Gasteiger partial charge in [-0.05, 0) is 43.6 Å². The Balaban J connectivity index is 1.91. The van der Waals surface area contributed by atoms with Gasteiger partial charge in [0.25, 0.3) is 0 Å². The summed E-state index contributed by atoms with van der Waals surface area (Å²) in [6, 6.07) is 9.90. The monoisotopic (exact) mass is 259 g/mol. The number of aryl methyl sites for hydroxylation is 1. The van der Waals surface area contributed by atoms with Crippen molar-refractivity contribution in [3.8, 4) is 0 Å². The lowest BCUT2D eigenvalue weighted by Crippen LogP contribution is -2.23. The molecule has 106 valence electrons. The molecular weight excluding hydrogens is 230 g/mol. The van der Waals surface area contributed by atoms with Gasteiger partial charge in [-0.15, -0.1) is 0 Å². The third kappa shape index (κ3) is 5.36. The number of benzene rings is 1. The van der Waals surface area contributed by atoms with Gasteiger partial charge in [0.15, 0.2) is 0 Å². The van der Waals surface area contributed by atoms with Crippen LogP contribution in [0.1, 0.15) is 63.0 Å². The number of hydrogen-bond donors (Lipinski definition) is 1. The number of rotatable bonds is 8. The summed E-state index contributed by atoms with van der Waals surface area (Å²) in [7, 11) is 0. The zero-order valence-electron chi connectivity index (χ0n) is 12.8. The summed E-state index contributed by atoms with van der Waals surface area (Å²) in [5.41, 5.74) is 2.91. The normalized spacial score (nSPS) is 16.8. The molecule has 1 aromatic rings. The predicted molar refractivity (Wildman–Crippen MR) is 83.6 cm³/mol. The van der Waals surface area contributed by atoms with Gasteiger partial charge in [0, 0.05) is 12.6 Å². The first-order valence-electron chi connectivity index (χ1n) is 7.95. The average molecular weight is 259 g/mol. The quantitative estimate of drug-likeness (QED) is 0.716. The van der Waals surface area contributed by atoms with Gasteiger partial charge in [0.2, 0.25) is 0 Å². The van der Waals surface area contributed by atoms with Crippen molar-refractivity contribution in [1.82, 2.24) is 5.32 Å². The molecule has 1 atom stereocenters. The van der Waals surface area contributed by atoms with Crippen LogP contribution < -0.4 is 5.32 Å². The van der Waals surface area contributed by atoms with Crippen LogP contribution >= 0.6 is 0 Å². The fourth-order valence-corrected chi connectivity index (χ4v) is 2.68. The minimum atomic E-state index is 0.694. The molecule has 0 spiro atoms. The molecule has 1 aliphatic rings. The van der Waals surface area contributed by atoms with Gasteiger partial charge < -0.3 is 5.32 Å². The molecule has 1 unspecified atom stereocenters. The molecule has 1 heteroatoms. The Morgan fingerprint density at radius 3 is 2.63 bits per heavy atom.